The van der Waals surface area contributed by atoms with Crippen LogP contribution in [0.3, 0.4) is 0 Å². The maximum absolute atomic E-state index is 13.0. The second-order valence-electron chi connectivity index (χ2n) is 7.62. The first-order chi connectivity index (χ1) is 17.1. The summed E-state index contributed by atoms with van der Waals surface area (Å²) in [6.45, 7) is 3.33. The van der Waals surface area contributed by atoms with Gasteiger partial charge in [0.15, 0.2) is 5.69 Å². The highest BCUT2D eigenvalue weighted by Gasteiger charge is 2.43. The third-order valence-corrected chi connectivity index (χ3v) is 7.71. The largest absolute Gasteiger partial charge is 0.424 e. The summed E-state index contributed by atoms with van der Waals surface area (Å²) in [7, 11) is -9.29. The van der Waals surface area contributed by atoms with Crippen molar-refractivity contribution >= 4 is 48.5 Å². The molecule has 0 saturated heterocycles. The lowest BCUT2D eigenvalue weighted by Gasteiger charge is -2.15. The molecule has 17 heteroatoms. The lowest BCUT2D eigenvalue weighted by molar-refractivity contribution is -0.440. The highest BCUT2D eigenvalue weighted by molar-refractivity contribution is 7.93. The first-order valence-electron chi connectivity index (χ1n) is 9.97. The van der Waals surface area contributed by atoms with Crippen molar-refractivity contribution in [3.05, 3.63) is 96.1 Å². The monoisotopic (exact) mass is 551 g/mol. The molecule has 0 aliphatic carbocycles. The molecule has 0 aliphatic rings. The molecule has 0 spiro atoms. The number of nitro groups is 3. The fraction of sp³-hybridized carbons (Fsp3) is 0.100. The van der Waals surface area contributed by atoms with Crippen molar-refractivity contribution < 1.29 is 31.6 Å². The van der Waals surface area contributed by atoms with Crippen molar-refractivity contribution in [2.24, 2.45) is 0 Å². The molecule has 0 aliphatic heterocycles. The molecular weight excluding hydrogens is 534 g/mol. The van der Waals surface area contributed by atoms with Crippen molar-refractivity contribution in [2.45, 2.75) is 23.6 Å². The molecule has 0 radical (unpaired) electrons. The van der Waals surface area contributed by atoms with Gasteiger partial charge in [0.05, 0.1) is 36.3 Å². The zero-order valence-corrected chi connectivity index (χ0v) is 20.6. The molecule has 0 unspecified atom stereocenters. The van der Waals surface area contributed by atoms with E-state index in [9.17, 15) is 47.2 Å². The summed E-state index contributed by atoms with van der Waals surface area (Å²) in [5.74, 6) is 0. The summed E-state index contributed by atoms with van der Waals surface area (Å²) in [6, 6.07) is 10.6. The van der Waals surface area contributed by atoms with Gasteiger partial charge in [0.25, 0.3) is 20.0 Å². The Labute approximate surface area is 209 Å². The lowest BCUT2D eigenvalue weighted by atomic mass is 10.1. The summed E-state index contributed by atoms with van der Waals surface area (Å²) in [6.07, 6.45) is 0. The summed E-state index contributed by atoms with van der Waals surface area (Å²) >= 11 is 0. The number of anilines is 2. The van der Waals surface area contributed by atoms with Gasteiger partial charge in [0.1, 0.15) is 0 Å². The first-order valence-corrected chi connectivity index (χ1v) is 12.9. The number of sulfonamides is 2. The van der Waals surface area contributed by atoms with Gasteiger partial charge in [-0.2, -0.15) is 0 Å². The molecule has 0 bridgehead atoms. The van der Waals surface area contributed by atoms with E-state index in [1.807, 2.05) is 4.72 Å². The standard InChI is InChI=1S/C20H17N5O10S2/c1-12-3-7-14(8-4-12)36(32,33)21-16-11-17(23(26)27)19(24(28)29)20(25(30)31)18(16)22-37(34,35)15-9-5-13(2)6-10-15/h3-11,21-22H,1-2H3. The molecule has 3 aromatic carbocycles. The van der Waals surface area contributed by atoms with Crippen LogP contribution in [0, 0.1) is 44.2 Å². The molecule has 194 valence electrons. The van der Waals surface area contributed by atoms with E-state index in [4.69, 9.17) is 0 Å². The van der Waals surface area contributed by atoms with Gasteiger partial charge < -0.3 is 0 Å². The molecular formula is C20H17N5O10S2. The maximum atomic E-state index is 13.0. The Morgan fingerprint density at radius 3 is 1.41 bits per heavy atom. The number of hydrogen-bond acceptors (Lipinski definition) is 10. The van der Waals surface area contributed by atoms with Gasteiger partial charge in [-0.05, 0) is 38.1 Å². The zero-order chi connectivity index (χ0) is 27.7. The predicted molar refractivity (Wildman–Crippen MR) is 130 cm³/mol. The Balaban J connectivity index is 2.34. The van der Waals surface area contributed by atoms with Gasteiger partial charge in [-0.15, -0.1) is 0 Å². The van der Waals surface area contributed by atoms with E-state index in [1.165, 1.54) is 36.4 Å². The van der Waals surface area contributed by atoms with Crippen molar-refractivity contribution in [1.82, 2.24) is 0 Å². The summed E-state index contributed by atoms with van der Waals surface area (Å²) in [5.41, 5.74) is -5.50. The van der Waals surface area contributed by atoms with Crippen LogP contribution >= 0.6 is 0 Å². The minimum Gasteiger partial charge on any atom is -0.277 e. The third-order valence-electron chi connectivity index (χ3n) is 4.96. The fourth-order valence-corrected chi connectivity index (χ4v) is 5.31. The molecule has 0 saturated carbocycles. The molecule has 0 amide bonds. The second-order valence-corrected chi connectivity index (χ2v) is 11.0. The summed E-state index contributed by atoms with van der Waals surface area (Å²) < 4.78 is 55.6. The van der Waals surface area contributed by atoms with Gasteiger partial charge in [0.2, 0.25) is 0 Å². The highest BCUT2D eigenvalue weighted by atomic mass is 32.2. The van der Waals surface area contributed by atoms with E-state index in [0.717, 1.165) is 12.1 Å². The van der Waals surface area contributed by atoms with Crippen LogP contribution in [0.2, 0.25) is 0 Å². The van der Waals surface area contributed by atoms with Crippen LogP contribution in [0.4, 0.5) is 28.4 Å². The topological polar surface area (TPSA) is 222 Å². The van der Waals surface area contributed by atoms with Gasteiger partial charge in [-0.1, -0.05) is 35.4 Å². The summed E-state index contributed by atoms with van der Waals surface area (Å²) in [5, 5.41) is 35.0. The van der Waals surface area contributed by atoms with E-state index >= 15 is 0 Å². The van der Waals surface area contributed by atoms with Crippen LogP contribution in [-0.2, 0) is 20.0 Å². The van der Waals surface area contributed by atoms with Crippen LogP contribution in [0.5, 0.6) is 0 Å². The molecule has 3 rings (SSSR count). The Morgan fingerprint density at radius 2 is 1.03 bits per heavy atom. The number of nitrogens with one attached hydrogen (secondary N) is 2. The highest BCUT2D eigenvalue weighted by Crippen LogP contribution is 2.47. The number of nitrogens with zero attached hydrogens (tertiary/aromatic N) is 3. The van der Waals surface area contributed by atoms with Crippen LogP contribution in [0.25, 0.3) is 0 Å². The fourth-order valence-electron chi connectivity index (χ4n) is 3.16. The second kappa shape index (κ2) is 9.78. The summed E-state index contributed by atoms with van der Waals surface area (Å²) in [4.78, 5) is 30.1. The predicted octanol–water partition coefficient (Wildman–Crippen LogP) is 3.63. The van der Waals surface area contributed by atoms with Crippen molar-refractivity contribution in [1.29, 1.82) is 0 Å². The molecule has 37 heavy (non-hydrogen) atoms. The van der Waals surface area contributed by atoms with Crippen molar-refractivity contribution in [3.8, 4) is 0 Å². The van der Waals surface area contributed by atoms with Crippen molar-refractivity contribution in [2.75, 3.05) is 9.44 Å². The van der Waals surface area contributed by atoms with Crippen LogP contribution in [0.1, 0.15) is 11.1 Å². The molecule has 15 nitrogen and oxygen atoms in total. The normalized spacial score (nSPS) is 11.5. The van der Waals surface area contributed by atoms with Gasteiger partial charge >= 0.3 is 17.1 Å². The van der Waals surface area contributed by atoms with E-state index in [1.54, 1.807) is 18.6 Å². The number of hydrogen-bond donors (Lipinski definition) is 2. The first kappa shape index (κ1) is 27.0. The van der Waals surface area contributed by atoms with Gasteiger partial charge in [-0.3, -0.25) is 39.8 Å². The van der Waals surface area contributed by atoms with Crippen LogP contribution < -0.4 is 9.44 Å². The molecule has 3 aromatic rings. The zero-order valence-electron chi connectivity index (χ0n) is 18.9. The lowest BCUT2D eigenvalue weighted by Crippen LogP contribution is -2.19. The SMILES string of the molecule is Cc1ccc(S(=O)(=O)Nc2cc([N+](=O)[O-])c([N+](=O)[O-])c([N+](=O)[O-])c2NS(=O)(=O)c2ccc(C)cc2)cc1. The van der Waals surface area contributed by atoms with Crippen LogP contribution in [0.15, 0.2) is 64.4 Å². The van der Waals surface area contributed by atoms with E-state index in [2.05, 4.69) is 0 Å². The Kier molecular flexibility index (Phi) is 7.13. The van der Waals surface area contributed by atoms with E-state index < -0.39 is 68.1 Å². The molecule has 0 heterocycles. The van der Waals surface area contributed by atoms with E-state index in [-0.39, 0.29) is 4.90 Å². The van der Waals surface area contributed by atoms with Gasteiger partial charge in [-0.25, -0.2) is 16.8 Å². The Hall–Kier alpha value is -4.64. The Bertz CT molecular complexity index is 1640. The van der Waals surface area contributed by atoms with E-state index in [0.29, 0.717) is 17.2 Å². The average Bonchev–Trinajstić information content (AvgIpc) is 2.79. The molecule has 2 N–H and O–H groups in total. The van der Waals surface area contributed by atoms with Crippen molar-refractivity contribution in [3.63, 3.8) is 0 Å². The number of benzene rings is 3. The number of aryl methyl sites for hydroxylation is 2. The molecule has 0 fully saturated rings. The molecule has 0 atom stereocenters. The number of rotatable bonds is 9. The third kappa shape index (κ3) is 5.62. The van der Waals surface area contributed by atoms with Crippen LogP contribution in [-0.4, -0.2) is 31.6 Å². The molecule has 0 aromatic heterocycles. The maximum Gasteiger partial charge on any atom is 0.424 e. The smallest absolute Gasteiger partial charge is 0.277 e. The number of nitro benzene ring substituents is 3. The minimum atomic E-state index is -4.69. The Morgan fingerprint density at radius 1 is 0.622 bits per heavy atom. The quantitative estimate of drug-likeness (QED) is 0.290. The van der Waals surface area contributed by atoms with Gasteiger partial charge in [0, 0.05) is 0 Å². The average molecular weight is 552 g/mol. The minimum absolute atomic E-state index is 0.337.